The molecule has 0 saturated carbocycles. The van der Waals surface area contributed by atoms with Crippen LogP contribution in [0.15, 0.2) is 36.4 Å². The highest BCUT2D eigenvalue weighted by molar-refractivity contribution is 5.47. The molecule has 0 aliphatic carbocycles. The van der Waals surface area contributed by atoms with Crippen LogP contribution in [0.3, 0.4) is 0 Å². The van der Waals surface area contributed by atoms with Crippen LogP contribution in [0.25, 0.3) is 0 Å². The first-order valence-corrected chi connectivity index (χ1v) is 8.53. The predicted molar refractivity (Wildman–Crippen MR) is 94.1 cm³/mol. The molecule has 1 N–H and O–H groups in total. The summed E-state index contributed by atoms with van der Waals surface area (Å²) in [5.41, 5.74) is 4.00. The molecule has 2 aromatic rings. The number of rotatable bonds is 6. The smallest absolute Gasteiger partial charge is 0.161 e. The van der Waals surface area contributed by atoms with Gasteiger partial charge in [-0.1, -0.05) is 12.1 Å². The molecule has 0 saturated heterocycles. The highest BCUT2D eigenvalue weighted by Crippen LogP contribution is 2.31. The highest BCUT2D eigenvalue weighted by Gasteiger charge is 2.23. The van der Waals surface area contributed by atoms with E-state index >= 15 is 0 Å². The molecule has 24 heavy (non-hydrogen) atoms. The second kappa shape index (κ2) is 7.58. The predicted octanol–water partition coefficient (Wildman–Crippen LogP) is 2.24. The molecule has 0 bridgehead atoms. The minimum atomic E-state index is 0.701. The molecule has 1 heterocycles. The molecule has 0 spiro atoms. The van der Waals surface area contributed by atoms with E-state index in [-0.39, 0.29) is 0 Å². The normalized spacial score (nSPS) is 16.4. The summed E-state index contributed by atoms with van der Waals surface area (Å²) >= 11 is 0. The van der Waals surface area contributed by atoms with Crippen LogP contribution in [0.1, 0.15) is 23.6 Å². The van der Waals surface area contributed by atoms with Crippen LogP contribution in [0.4, 0.5) is 0 Å². The SMILES string of the molecule is CCOc1ccccc1C[NH+]1CCc2cc(OC)c(OC)cc2C1. The topological polar surface area (TPSA) is 32.1 Å². The molecule has 1 atom stereocenters. The van der Waals surface area contributed by atoms with Crippen molar-refractivity contribution in [2.24, 2.45) is 0 Å². The van der Waals surface area contributed by atoms with Crippen molar-refractivity contribution in [2.75, 3.05) is 27.4 Å². The minimum absolute atomic E-state index is 0.701. The summed E-state index contributed by atoms with van der Waals surface area (Å²) < 4.78 is 16.6. The van der Waals surface area contributed by atoms with Gasteiger partial charge in [-0.2, -0.15) is 0 Å². The third kappa shape index (κ3) is 3.49. The molecule has 1 unspecified atom stereocenters. The van der Waals surface area contributed by atoms with Gasteiger partial charge in [-0.3, -0.25) is 0 Å². The maximum Gasteiger partial charge on any atom is 0.161 e. The van der Waals surface area contributed by atoms with Gasteiger partial charge in [-0.05, 0) is 36.8 Å². The van der Waals surface area contributed by atoms with E-state index in [9.17, 15) is 0 Å². The van der Waals surface area contributed by atoms with Crippen molar-refractivity contribution in [1.82, 2.24) is 0 Å². The van der Waals surface area contributed by atoms with E-state index in [1.54, 1.807) is 19.1 Å². The van der Waals surface area contributed by atoms with Crippen molar-refractivity contribution >= 4 is 0 Å². The quantitative estimate of drug-likeness (QED) is 0.883. The van der Waals surface area contributed by atoms with Crippen LogP contribution in [0.2, 0.25) is 0 Å². The maximum atomic E-state index is 5.76. The Hall–Kier alpha value is -2.20. The van der Waals surface area contributed by atoms with Gasteiger partial charge in [0.15, 0.2) is 11.5 Å². The first kappa shape index (κ1) is 16.7. The molecule has 4 heteroatoms. The molecule has 0 amide bonds. The number of quaternary nitrogens is 1. The van der Waals surface area contributed by atoms with Crippen molar-refractivity contribution in [1.29, 1.82) is 0 Å². The van der Waals surface area contributed by atoms with Crippen molar-refractivity contribution in [3.05, 3.63) is 53.1 Å². The fraction of sp³-hybridized carbons (Fsp3) is 0.400. The average Bonchev–Trinajstić information content (AvgIpc) is 2.62. The standard InChI is InChI=1S/C20H25NO3/c1-4-24-18-8-6-5-7-16(18)13-21-10-9-15-11-19(22-2)20(23-3)12-17(15)14-21/h5-8,11-12H,4,9-10,13-14H2,1-3H3/p+1. The van der Waals surface area contributed by atoms with Crippen LogP contribution in [-0.4, -0.2) is 27.4 Å². The van der Waals surface area contributed by atoms with Crippen LogP contribution >= 0.6 is 0 Å². The molecule has 1 aliphatic rings. The summed E-state index contributed by atoms with van der Waals surface area (Å²) in [6, 6.07) is 12.6. The molecule has 0 radical (unpaired) electrons. The molecule has 3 rings (SSSR count). The Labute approximate surface area is 144 Å². The summed E-state index contributed by atoms with van der Waals surface area (Å²) in [7, 11) is 3.38. The monoisotopic (exact) mass is 328 g/mol. The molecular formula is C20H26NO3+. The van der Waals surface area contributed by atoms with Gasteiger partial charge in [-0.15, -0.1) is 0 Å². The summed E-state index contributed by atoms with van der Waals surface area (Å²) in [6.07, 6.45) is 1.06. The minimum Gasteiger partial charge on any atom is -0.493 e. The van der Waals surface area contributed by atoms with Gasteiger partial charge in [0, 0.05) is 17.5 Å². The molecule has 0 aromatic heterocycles. The number of nitrogens with one attached hydrogen (secondary N) is 1. The fourth-order valence-electron chi connectivity index (χ4n) is 3.40. The van der Waals surface area contributed by atoms with Gasteiger partial charge < -0.3 is 19.1 Å². The molecule has 2 aromatic carbocycles. The number of benzene rings is 2. The third-order valence-corrected chi connectivity index (χ3v) is 4.61. The first-order valence-electron chi connectivity index (χ1n) is 8.53. The molecular weight excluding hydrogens is 302 g/mol. The lowest BCUT2D eigenvalue weighted by atomic mass is 9.98. The summed E-state index contributed by atoms with van der Waals surface area (Å²) in [5, 5.41) is 0. The average molecular weight is 328 g/mol. The van der Waals surface area contributed by atoms with Crippen molar-refractivity contribution in [3.8, 4) is 17.2 Å². The van der Waals surface area contributed by atoms with Crippen molar-refractivity contribution < 1.29 is 19.1 Å². The van der Waals surface area contributed by atoms with E-state index in [1.807, 2.05) is 13.0 Å². The van der Waals surface area contributed by atoms with E-state index in [4.69, 9.17) is 14.2 Å². The lowest BCUT2D eigenvalue weighted by molar-refractivity contribution is -0.929. The Bertz CT molecular complexity index is 699. The zero-order valence-corrected chi connectivity index (χ0v) is 14.7. The van der Waals surface area contributed by atoms with E-state index in [0.717, 1.165) is 43.3 Å². The number of hydrogen-bond donors (Lipinski definition) is 1. The third-order valence-electron chi connectivity index (χ3n) is 4.61. The zero-order valence-electron chi connectivity index (χ0n) is 14.7. The highest BCUT2D eigenvalue weighted by atomic mass is 16.5. The maximum absolute atomic E-state index is 5.76. The van der Waals surface area contributed by atoms with Crippen molar-refractivity contribution in [3.63, 3.8) is 0 Å². The Morgan fingerprint density at radius 3 is 2.38 bits per heavy atom. The van der Waals surface area contributed by atoms with Crippen molar-refractivity contribution in [2.45, 2.75) is 26.4 Å². The van der Waals surface area contributed by atoms with E-state index in [0.29, 0.717) is 6.61 Å². The van der Waals surface area contributed by atoms with Gasteiger partial charge in [0.05, 0.1) is 27.4 Å². The van der Waals surface area contributed by atoms with E-state index in [2.05, 4.69) is 30.3 Å². The van der Waals surface area contributed by atoms with Crippen LogP contribution < -0.4 is 19.1 Å². The van der Waals surface area contributed by atoms with Crippen LogP contribution in [0, 0.1) is 0 Å². The van der Waals surface area contributed by atoms with Crippen LogP contribution in [0.5, 0.6) is 17.2 Å². The summed E-state index contributed by atoms with van der Waals surface area (Å²) in [4.78, 5) is 1.54. The second-order valence-electron chi connectivity index (χ2n) is 6.12. The number of para-hydroxylation sites is 1. The Kier molecular flexibility index (Phi) is 5.26. The summed E-state index contributed by atoms with van der Waals surface area (Å²) in [5.74, 6) is 2.64. The van der Waals surface area contributed by atoms with E-state index in [1.165, 1.54) is 16.7 Å². The number of methoxy groups -OCH3 is 2. The zero-order chi connectivity index (χ0) is 16.9. The van der Waals surface area contributed by atoms with Gasteiger partial charge in [0.1, 0.15) is 18.8 Å². The molecule has 1 aliphatic heterocycles. The van der Waals surface area contributed by atoms with Gasteiger partial charge in [-0.25, -0.2) is 0 Å². The Morgan fingerprint density at radius 2 is 1.67 bits per heavy atom. The second-order valence-corrected chi connectivity index (χ2v) is 6.12. The van der Waals surface area contributed by atoms with Crippen LogP contribution in [-0.2, 0) is 19.5 Å². The molecule has 128 valence electrons. The van der Waals surface area contributed by atoms with Gasteiger partial charge in [0.2, 0.25) is 0 Å². The number of hydrogen-bond acceptors (Lipinski definition) is 3. The summed E-state index contributed by atoms with van der Waals surface area (Å²) in [6.45, 7) is 5.82. The Balaban J connectivity index is 1.78. The van der Waals surface area contributed by atoms with Gasteiger partial charge in [0.25, 0.3) is 0 Å². The molecule has 4 nitrogen and oxygen atoms in total. The first-order chi connectivity index (χ1) is 11.7. The number of fused-ring (bicyclic) bond motifs is 1. The Morgan fingerprint density at radius 1 is 0.958 bits per heavy atom. The van der Waals surface area contributed by atoms with E-state index < -0.39 is 0 Å². The number of ether oxygens (including phenoxy) is 3. The lowest BCUT2D eigenvalue weighted by Gasteiger charge is -2.27. The largest absolute Gasteiger partial charge is 0.493 e. The molecule has 0 fully saturated rings. The van der Waals surface area contributed by atoms with Gasteiger partial charge >= 0.3 is 0 Å². The lowest BCUT2D eigenvalue weighted by Crippen LogP contribution is -3.10. The fourth-order valence-corrected chi connectivity index (χ4v) is 3.40.